The maximum atomic E-state index is 14.4. The Kier molecular flexibility index (Phi) is 6.37. The molecular weight excluding hydrogens is 441 g/mol. The molecule has 1 aliphatic heterocycles. The van der Waals surface area contributed by atoms with Gasteiger partial charge in [0.15, 0.2) is 0 Å². The highest BCUT2D eigenvalue weighted by Crippen LogP contribution is 2.27. The Morgan fingerprint density at radius 2 is 2.10 bits per heavy atom. The van der Waals surface area contributed by atoms with E-state index in [9.17, 15) is 22.4 Å². The van der Waals surface area contributed by atoms with Crippen molar-refractivity contribution in [2.45, 2.75) is 19.4 Å². The van der Waals surface area contributed by atoms with Crippen LogP contribution in [0.15, 0.2) is 35.7 Å². The maximum absolute atomic E-state index is 14.4. The van der Waals surface area contributed by atoms with E-state index in [2.05, 4.69) is 10.0 Å². The van der Waals surface area contributed by atoms with Gasteiger partial charge in [0, 0.05) is 29.4 Å². The Morgan fingerprint density at radius 3 is 2.72 bits per heavy atom. The molecule has 1 fully saturated rings. The van der Waals surface area contributed by atoms with Crippen LogP contribution in [0, 0.1) is 5.82 Å². The van der Waals surface area contributed by atoms with E-state index >= 15 is 0 Å². The zero-order valence-corrected chi connectivity index (χ0v) is 17.6. The van der Waals surface area contributed by atoms with Gasteiger partial charge in [0.2, 0.25) is 21.8 Å². The molecule has 11 heteroatoms. The molecule has 1 saturated heterocycles. The summed E-state index contributed by atoms with van der Waals surface area (Å²) in [5.41, 5.74) is 0.288. The van der Waals surface area contributed by atoms with Crippen LogP contribution in [0.1, 0.15) is 18.2 Å². The van der Waals surface area contributed by atoms with E-state index in [4.69, 9.17) is 11.6 Å². The summed E-state index contributed by atoms with van der Waals surface area (Å²) in [6.07, 6.45) is 1.58. The summed E-state index contributed by atoms with van der Waals surface area (Å²) in [5.74, 6) is -1.59. The molecule has 154 valence electrons. The fourth-order valence-corrected chi connectivity index (χ4v) is 4.92. The van der Waals surface area contributed by atoms with Crippen molar-refractivity contribution in [1.29, 1.82) is 0 Å². The van der Waals surface area contributed by atoms with Crippen molar-refractivity contribution >= 4 is 62.2 Å². The second-order valence-corrected chi connectivity index (χ2v) is 9.63. The molecule has 0 spiro atoms. The number of rotatable bonds is 6. The summed E-state index contributed by atoms with van der Waals surface area (Å²) in [4.78, 5) is 25.5. The lowest BCUT2D eigenvalue weighted by molar-refractivity contribution is -0.118. The average Bonchev–Trinajstić information content (AvgIpc) is 3.19. The molecule has 3 rings (SSSR count). The lowest BCUT2D eigenvalue weighted by Crippen LogP contribution is -2.40. The molecule has 2 aromatic rings. The number of hydrogen-bond donors (Lipinski definition) is 2. The van der Waals surface area contributed by atoms with Gasteiger partial charge in [0.1, 0.15) is 11.9 Å². The van der Waals surface area contributed by atoms with Crippen molar-refractivity contribution in [3.63, 3.8) is 0 Å². The second-order valence-electron chi connectivity index (χ2n) is 6.29. The number of nitrogens with zero attached hydrogens (tertiary/aromatic N) is 1. The lowest BCUT2D eigenvalue weighted by atomic mass is 10.2. The molecule has 0 saturated carbocycles. The number of thiophene rings is 1. The van der Waals surface area contributed by atoms with Gasteiger partial charge in [-0.1, -0.05) is 11.6 Å². The van der Waals surface area contributed by atoms with E-state index in [1.807, 2.05) is 0 Å². The standard InChI is InChI=1S/C18H17ClFN3O4S2/c1-11(24)21-12-2-4-16(14(20)10-12)23-8-6-15(18(23)25)22-29(26,27)9-7-13-3-5-17(19)28-13/h2-5,7,9-10,15,22H,6,8H2,1H3,(H,21,24)/t15-/m0/s1. The number of carbonyl (C=O) groups excluding carboxylic acids is 2. The first-order chi connectivity index (χ1) is 13.6. The van der Waals surface area contributed by atoms with Crippen LogP contribution in [0.4, 0.5) is 15.8 Å². The van der Waals surface area contributed by atoms with E-state index in [0.29, 0.717) is 9.21 Å². The van der Waals surface area contributed by atoms with E-state index in [0.717, 1.165) is 11.5 Å². The maximum Gasteiger partial charge on any atom is 0.245 e. The molecule has 0 aliphatic carbocycles. The SMILES string of the molecule is CC(=O)Nc1ccc(N2CC[C@H](NS(=O)(=O)C=Cc3ccc(Cl)s3)C2=O)c(F)c1. The molecule has 0 unspecified atom stereocenters. The van der Waals surface area contributed by atoms with E-state index in [1.165, 1.54) is 41.4 Å². The van der Waals surface area contributed by atoms with Crippen molar-refractivity contribution in [1.82, 2.24) is 4.72 Å². The van der Waals surface area contributed by atoms with Crippen LogP contribution in [0.5, 0.6) is 0 Å². The fraction of sp³-hybridized carbons (Fsp3) is 0.222. The molecule has 2 amide bonds. The van der Waals surface area contributed by atoms with Gasteiger partial charge >= 0.3 is 0 Å². The van der Waals surface area contributed by atoms with Crippen molar-refractivity contribution < 1.29 is 22.4 Å². The number of carbonyl (C=O) groups is 2. The minimum atomic E-state index is -3.88. The van der Waals surface area contributed by atoms with Gasteiger partial charge < -0.3 is 10.2 Å². The molecule has 2 N–H and O–H groups in total. The lowest BCUT2D eigenvalue weighted by Gasteiger charge is -2.18. The number of nitrogens with one attached hydrogen (secondary N) is 2. The van der Waals surface area contributed by atoms with Crippen LogP contribution in [-0.4, -0.2) is 32.8 Å². The number of amides is 2. The first-order valence-electron chi connectivity index (χ1n) is 8.49. The first-order valence-corrected chi connectivity index (χ1v) is 11.2. The van der Waals surface area contributed by atoms with Gasteiger partial charge in [-0.15, -0.1) is 11.3 Å². The number of hydrogen-bond acceptors (Lipinski definition) is 5. The van der Waals surface area contributed by atoms with Crippen LogP contribution in [0.25, 0.3) is 6.08 Å². The van der Waals surface area contributed by atoms with Crippen LogP contribution in [0.2, 0.25) is 4.34 Å². The fourth-order valence-electron chi connectivity index (χ4n) is 2.85. The van der Waals surface area contributed by atoms with Crippen molar-refractivity contribution in [2.24, 2.45) is 0 Å². The minimum absolute atomic E-state index is 0.0227. The molecule has 29 heavy (non-hydrogen) atoms. The van der Waals surface area contributed by atoms with Gasteiger partial charge in [-0.05, 0) is 42.8 Å². The monoisotopic (exact) mass is 457 g/mol. The minimum Gasteiger partial charge on any atom is -0.326 e. The summed E-state index contributed by atoms with van der Waals surface area (Å²) in [6, 6.07) is 6.28. The van der Waals surface area contributed by atoms with Gasteiger partial charge in [0.05, 0.1) is 10.0 Å². The highest BCUT2D eigenvalue weighted by molar-refractivity contribution is 7.92. The average molecular weight is 458 g/mol. The summed E-state index contributed by atoms with van der Waals surface area (Å²) >= 11 is 7.03. The number of benzene rings is 1. The molecule has 1 aromatic carbocycles. The summed E-state index contributed by atoms with van der Waals surface area (Å²) in [6.45, 7) is 1.46. The molecule has 2 heterocycles. The normalized spacial score (nSPS) is 17.3. The summed E-state index contributed by atoms with van der Waals surface area (Å²) in [7, 11) is -3.88. The Morgan fingerprint density at radius 1 is 1.34 bits per heavy atom. The highest BCUT2D eigenvalue weighted by atomic mass is 35.5. The molecule has 1 aliphatic rings. The van der Waals surface area contributed by atoms with Gasteiger partial charge in [0.25, 0.3) is 0 Å². The van der Waals surface area contributed by atoms with Gasteiger partial charge in [-0.25, -0.2) is 12.8 Å². The third-order valence-electron chi connectivity index (χ3n) is 4.08. The molecular formula is C18H17ClFN3O4S2. The van der Waals surface area contributed by atoms with E-state index < -0.39 is 27.8 Å². The Labute approximate surface area is 176 Å². The Bertz CT molecular complexity index is 1080. The number of halogens is 2. The largest absolute Gasteiger partial charge is 0.326 e. The molecule has 1 aromatic heterocycles. The van der Waals surface area contributed by atoms with Crippen LogP contribution in [0.3, 0.4) is 0 Å². The van der Waals surface area contributed by atoms with Crippen molar-refractivity contribution in [3.05, 3.63) is 50.8 Å². The second kappa shape index (κ2) is 8.62. The van der Waals surface area contributed by atoms with Crippen LogP contribution >= 0.6 is 22.9 Å². The van der Waals surface area contributed by atoms with Gasteiger partial charge in [-0.2, -0.15) is 4.72 Å². The van der Waals surface area contributed by atoms with Crippen LogP contribution in [-0.2, 0) is 19.6 Å². The topological polar surface area (TPSA) is 95.6 Å². The molecule has 7 nitrogen and oxygen atoms in total. The predicted octanol–water partition coefficient (Wildman–Crippen LogP) is 3.19. The number of sulfonamides is 1. The summed E-state index contributed by atoms with van der Waals surface area (Å²) < 4.78 is 41.8. The van der Waals surface area contributed by atoms with E-state index in [-0.39, 0.29) is 30.2 Å². The zero-order chi connectivity index (χ0) is 21.2. The first kappa shape index (κ1) is 21.4. The Balaban J connectivity index is 1.69. The highest BCUT2D eigenvalue weighted by Gasteiger charge is 2.35. The molecule has 1 atom stereocenters. The van der Waals surface area contributed by atoms with Crippen molar-refractivity contribution in [3.8, 4) is 0 Å². The molecule has 0 bridgehead atoms. The van der Waals surface area contributed by atoms with Crippen molar-refractivity contribution in [2.75, 3.05) is 16.8 Å². The third-order valence-corrected chi connectivity index (χ3v) is 6.38. The number of anilines is 2. The van der Waals surface area contributed by atoms with Crippen LogP contribution < -0.4 is 14.9 Å². The predicted molar refractivity (Wildman–Crippen MR) is 112 cm³/mol. The smallest absolute Gasteiger partial charge is 0.245 e. The molecule has 0 radical (unpaired) electrons. The zero-order valence-electron chi connectivity index (χ0n) is 15.2. The summed E-state index contributed by atoms with van der Waals surface area (Å²) in [5, 5.41) is 3.42. The van der Waals surface area contributed by atoms with Gasteiger partial charge in [-0.3, -0.25) is 9.59 Å². The van der Waals surface area contributed by atoms with E-state index in [1.54, 1.807) is 12.1 Å². The quantitative estimate of drug-likeness (QED) is 0.696. The Hall–Kier alpha value is -2.27. The third kappa shape index (κ3) is 5.41.